The Balaban J connectivity index is 2.81. The second kappa shape index (κ2) is 2.95. The molecule has 0 aromatic carbocycles. The molecule has 72 valence electrons. The van der Waals surface area contributed by atoms with Gasteiger partial charge in [0.15, 0.2) is 0 Å². The van der Waals surface area contributed by atoms with Gasteiger partial charge in [0.1, 0.15) is 23.2 Å². The number of nitrogens with zero attached hydrogens (tertiary/aromatic N) is 3. The van der Waals surface area contributed by atoms with E-state index in [1.54, 1.807) is 7.05 Å². The van der Waals surface area contributed by atoms with Gasteiger partial charge in [-0.2, -0.15) is 0 Å². The van der Waals surface area contributed by atoms with Crippen LogP contribution in [-0.2, 0) is 0 Å². The predicted molar refractivity (Wildman–Crippen MR) is 50.1 cm³/mol. The van der Waals surface area contributed by atoms with Crippen molar-refractivity contribution in [3.05, 3.63) is 22.6 Å². The minimum atomic E-state index is -0.469. The summed E-state index contributed by atoms with van der Waals surface area (Å²) in [5, 5.41) is 13.8. The van der Waals surface area contributed by atoms with E-state index in [2.05, 4.69) is 20.3 Å². The van der Waals surface area contributed by atoms with Crippen molar-refractivity contribution in [1.82, 2.24) is 15.0 Å². The van der Waals surface area contributed by atoms with Gasteiger partial charge in [0, 0.05) is 7.05 Å². The third kappa shape index (κ3) is 1.06. The fourth-order valence-electron chi connectivity index (χ4n) is 1.28. The lowest BCUT2D eigenvalue weighted by Gasteiger charge is -1.98. The fourth-order valence-corrected chi connectivity index (χ4v) is 1.28. The van der Waals surface area contributed by atoms with Crippen LogP contribution < -0.4 is 5.32 Å². The van der Waals surface area contributed by atoms with E-state index in [1.807, 2.05) is 0 Å². The van der Waals surface area contributed by atoms with Crippen molar-refractivity contribution in [1.29, 1.82) is 0 Å². The molecule has 0 radical (unpaired) electrons. The molecule has 0 saturated carbocycles. The van der Waals surface area contributed by atoms with Gasteiger partial charge >= 0.3 is 0 Å². The first kappa shape index (κ1) is 8.42. The maximum absolute atomic E-state index is 10.6. The Morgan fingerprint density at radius 2 is 2.36 bits per heavy atom. The van der Waals surface area contributed by atoms with Gasteiger partial charge in [-0.25, -0.2) is 9.97 Å². The number of hydrogen-bond acceptors (Lipinski definition) is 5. The number of nitro groups is 1. The van der Waals surface area contributed by atoms with Crippen molar-refractivity contribution < 1.29 is 4.92 Å². The molecule has 0 aliphatic heterocycles. The van der Waals surface area contributed by atoms with Crippen molar-refractivity contribution in [3.63, 3.8) is 0 Å². The smallest absolute Gasteiger partial charge is 0.299 e. The summed E-state index contributed by atoms with van der Waals surface area (Å²) in [6.45, 7) is 0. The number of aromatic amines is 1. The summed E-state index contributed by atoms with van der Waals surface area (Å²) in [6.07, 6.45) is 2.65. The van der Waals surface area contributed by atoms with Crippen LogP contribution in [0.3, 0.4) is 0 Å². The molecule has 2 heterocycles. The Bertz CT molecular complexity index is 492. The van der Waals surface area contributed by atoms with Gasteiger partial charge in [-0.15, -0.1) is 0 Å². The fraction of sp³-hybridized carbons (Fsp3) is 0.143. The Morgan fingerprint density at radius 3 is 3.00 bits per heavy atom. The SMILES string of the molecule is CNc1ncnc2[nH]cc([N+](=O)[O-])c12. The Hall–Kier alpha value is -2.18. The van der Waals surface area contributed by atoms with E-state index in [-0.39, 0.29) is 5.69 Å². The number of rotatable bonds is 2. The predicted octanol–water partition coefficient (Wildman–Crippen LogP) is 0.908. The molecule has 0 aliphatic carbocycles. The molecule has 14 heavy (non-hydrogen) atoms. The Morgan fingerprint density at radius 1 is 1.57 bits per heavy atom. The van der Waals surface area contributed by atoms with E-state index in [0.717, 1.165) is 0 Å². The minimum Gasteiger partial charge on any atom is -0.372 e. The van der Waals surface area contributed by atoms with E-state index >= 15 is 0 Å². The molecule has 0 fully saturated rings. The van der Waals surface area contributed by atoms with Crippen molar-refractivity contribution in [2.45, 2.75) is 0 Å². The number of fused-ring (bicyclic) bond motifs is 1. The summed E-state index contributed by atoms with van der Waals surface area (Å²) in [4.78, 5) is 20.7. The molecule has 0 unspecified atom stereocenters. The monoisotopic (exact) mass is 193 g/mol. The third-order valence-electron chi connectivity index (χ3n) is 1.88. The van der Waals surface area contributed by atoms with Crippen LogP contribution in [0.1, 0.15) is 0 Å². The normalized spacial score (nSPS) is 10.4. The van der Waals surface area contributed by atoms with Crippen LogP contribution in [0, 0.1) is 10.1 Å². The van der Waals surface area contributed by atoms with Crippen LogP contribution in [0.2, 0.25) is 0 Å². The molecule has 7 nitrogen and oxygen atoms in total. The number of H-pyrrole nitrogens is 1. The van der Waals surface area contributed by atoms with E-state index in [9.17, 15) is 10.1 Å². The molecule has 2 aromatic heterocycles. The molecule has 0 amide bonds. The molecule has 0 saturated heterocycles. The number of nitrogens with one attached hydrogen (secondary N) is 2. The van der Waals surface area contributed by atoms with E-state index in [4.69, 9.17) is 0 Å². The second-order valence-corrected chi connectivity index (χ2v) is 2.63. The summed E-state index contributed by atoms with van der Waals surface area (Å²) in [5.41, 5.74) is 0.431. The minimum absolute atomic E-state index is 0.0232. The first-order valence-corrected chi connectivity index (χ1v) is 3.88. The highest BCUT2D eigenvalue weighted by Gasteiger charge is 2.18. The molecule has 2 aromatic rings. The Labute approximate surface area is 78.3 Å². The molecule has 0 bridgehead atoms. The summed E-state index contributed by atoms with van der Waals surface area (Å²) in [5.74, 6) is 0.447. The number of hydrogen-bond donors (Lipinski definition) is 2. The maximum Gasteiger partial charge on any atom is 0.299 e. The lowest BCUT2D eigenvalue weighted by atomic mass is 10.3. The van der Waals surface area contributed by atoms with Gasteiger partial charge in [0.2, 0.25) is 0 Å². The average molecular weight is 193 g/mol. The van der Waals surface area contributed by atoms with Crippen LogP contribution in [0.15, 0.2) is 12.5 Å². The molecular weight excluding hydrogens is 186 g/mol. The molecule has 2 N–H and O–H groups in total. The van der Waals surface area contributed by atoms with Gasteiger partial charge < -0.3 is 10.3 Å². The van der Waals surface area contributed by atoms with Crippen LogP contribution in [0.5, 0.6) is 0 Å². The van der Waals surface area contributed by atoms with Crippen molar-refractivity contribution in [2.75, 3.05) is 12.4 Å². The zero-order valence-electron chi connectivity index (χ0n) is 7.31. The first-order valence-electron chi connectivity index (χ1n) is 3.88. The standard InChI is InChI=1S/C7H7N5O2/c1-8-6-5-4(12(13)14)2-9-7(5)11-3-10-6/h2-3H,1H3,(H2,8,9,10,11). The van der Waals surface area contributed by atoms with Gasteiger partial charge in [-0.3, -0.25) is 10.1 Å². The van der Waals surface area contributed by atoms with Crippen LogP contribution >= 0.6 is 0 Å². The highest BCUT2D eigenvalue weighted by molar-refractivity contribution is 5.95. The summed E-state index contributed by atoms with van der Waals surface area (Å²) in [7, 11) is 1.65. The lowest BCUT2D eigenvalue weighted by Crippen LogP contribution is -1.95. The maximum atomic E-state index is 10.6. The zero-order valence-corrected chi connectivity index (χ0v) is 7.31. The van der Waals surface area contributed by atoms with E-state index < -0.39 is 4.92 Å². The molecule has 7 heteroatoms. The highest BCUT2D eigenvalue weighted by atomic mass is 16.6. The second-order valence-electron chi connectivity index (χ2n) is 2.63. The zero-order chi connectivity index (χ0) is 10.1. The highest BCUT2D eigenvalue weighted by Crippen LogP contribution is 2.28. The van der Waals surface area contributed by atoms with Gasteiger partial charge in [-0.05, 0) is 0 Å². The van der Waals surface area contributed by atoms with Crippen molar-refractivity contribution >= 4 is 22.5 Å². The number of aromatic nitrogens is 3. The molecule has 0 aliphatic rings. The first-order chi connectivity index (χ1) is 6.74. The van der Waals surface area contributed by atoms with Gasteiger partial charge in [-0.1, -0.05) is 0 Å². The van der Waals surface area contributed by atoms with E-state index in [0.29, 0.717) is 16.9 Å². The van der Waals surface area contributed by atoms with Gasteiger partial charge in [0.25, 0.3) is 5.69 Å². The lowest BCUT2D eigenvalue weighted by molar-refractivity contribution is -0.383. The summed E-state index contributed by atoms with van der Waals surface area (Å²) in [6, 6.07) is 0. The molecule has 0 spiro atoms. The van der Waals surface area contributed by atoms with Crippen molar-refractivity contribution in [3.8, 4) is 0 Å². The molecule has 0 atom stereocenters. The summed E-state index contributed by atoms with van der Waals surface area (Å²) < 4.78 is 0. The van der Waals surface area contributed by atoms with Gasteiger partial charge in [0.05, 0.1) is 11.1 Å². The third-order valence-corrected chi connectivity index (χ3v) is 1.88. The quantitative estimate of drug-likeness (QED) is 0.545. The van der Waals surface area contributed by atoms with Crippen LogP contribution in [0.25, 0.3) is 11.0 Å². The van der Waals surface area contributed by atoms with Crippen LogP contribution in [0.4, 0.5) is 11.5 Å². The number of anilines is 1. The Kier molecular flexibility index (Phi) is 1.77. The topological polar surface area (TPSA) is 96.7 Å². The average Bonchev–Trinajstić information content (AvgIpc) is 2.60. The van der Waals surface area contributed by atoms with E-state index in [1.165, 1.54) is 12.5 Å². The van der Waals surface area contributed by atoms with Crippen LogP contribution in [-0.4, -0.2) is 26.9 Å². The summed E-state index contributed by atoms with van der Waals surface area (Å²) >= 11 is 0. The molecule has 2 rings (SSSR count). The largest absolute Gasteiger partial charge is 0.372 e. The molecular formula is C7H7N5O2. The van der Waals surface area contributed by atoms with Crippen molar-refractivity contribution in [2.24, 2.45) is 0 Å².